The molecule has 1 rings (SSSR count). The van der Waals surface area contributed by atoms with E-state index in [1.54, 1.807) is 18.2 Å². The molecule has 88 valence electrons. The topological polar surface area (TPSA) is 64.3 Å². The van der Waals surface area contributed by atoms with Crippen molar-refractivity contribution in [3.05, 3.63) is 23.2 Å². The Morgan fingerprint density at radius 3 is 2.81 bits per heavy atom. The zero-order valence-corrected chi connectivity index (χ0v) is 10.0. The zero-order valence-electron chi connectivity index (χ0n) is 9.29. The highest BCUT2D eigenvalue weighted by Crippen LogP contribution is 2.22. The smallest absolute Gasteiger partial charge is 0.250 e. The minimum absolute atomic E-state index is 0.0274. The number of rotatable bonds is 4. The Labute approximate surface area is 99.7 Å². The van der Waals surface area contributed by atoms with Crippen LogP contribution in [0.1, 0.15) is 13.8 Å². The largest absolute Gasteiger partial charge is 0.398 e. The predicted molar refractivity (Wildman–Crippen MR) is 65.6 cm³/mol. The summed E-state index contributed by atoms with van der Waals surface area (Å²) in [5.41, 5.74) is 6.64. The van der Waals surface area contributed by atoms with Gasteiger partial charge in [0.2, 0.25) is 5.91 Å². The number of hydrogen-bond acceptors (Lipinski definition) is 3. The van der Waals surface area contributed by atoms with Crippen LogP contribution < -0.4 is 11.1 Å². The van der Waals surface area contributed by atoms with Crippen molar-refractivity contribution in [3.63, 3.8) is 0 Å². The lowest BCUT2D eigenvalue weighted by molar-refractivity contribution is -0.121. The number of nitrogens with two attached hydrogens (primary N) is 1. The second-order valence-electron chi connectivity index (χ2n) is 3.64. The number of benzene rings is 1. The minimum atomic E-state index is -0.213. The number of amides is 1. The van der Waals surface area contributed by atoms with E-state index in [2.05, 4.69) is 5.32 Å². The van der Waals surface area contributed by atoms with E-state index in [4.69, 9.17) is 22.1 Å². The van der Waals surface area contributed by atoms with Crippen molar-refractivity contribution in [2.75, 3.05) is 17.7 Å². The molecule has 0 saturated carbocycles. The molecule has 1 aromatic rings. The van der Waals surface area contributed by atoms with Crippen LogP contribution >= 0.6 is 11.6 Å². The molecular formula is C11H15ClN2O2. The molecule has 0 unspecified atom stereocenters. The number of hydrogen-bond donors (Lipinski definition) is 2. The highest BCUT2D eigenvalue weighted by atomic mass is 35.5. The maximum Gasteiger partial charge on any atom is 0.250 e. The van der Waals surface area contributed by atoms with Crippen molar-refractivity contribution in [2.45, 2.75) is 20.0 Å². The Morgan fingerprint density at radius 2 is 2.25 bits per heavy atom. The summed E-state index contributed by atoms with van der Waals surface area (Å²) in [6.07, 6.45) is 0.0285. The van der Waals surface area contributed by atoms with Gasteiger partial charge in [0.15, 0.2) is 0 Å². The van der Waals surface area contributed by atoms with Gasteiger partial charge in [-0.1, -0.05) is 11.6 Å². The third-order valence-corrected chi connectivity index (χ3v) is 2.16. The first-order chi connectivity index (χ1) is 7.49. The highest BCUT2D eigenvalue weighted by Gasteiger charge is 2.05. The van der Waals surface area contributed by atoms with Gasteiger partial charge >= 0.3 is 0 Å². The molecular weight excluding hydrogens is 228 g/mol. The van der Waals surface area contributed by atoms with Crippen LogP contribution in [-0.2, 0) is 9.53 Å². The fraction of sp³-hybridized carbons (Fsp3) is 0.364. The molecule has 0 aliphatic rings. The third-order valence-electron chi connectivity index (χ3n) is 1.83. The quantitative estimate of drug-likeness (QED) is 0.797. The van der Waals surface area contributed by atoms with Gasteiger partial charge in [-0.2, -0.15) is 0 Å². The average molecular weight is 243 g/mol. The van der Waals surface area contributed by atoms with Gasteiger partial charge in [-0.3, -0.25) is 4.79 Å². The molecule has 0 radical (unpaired) electrons. The van der Waals surface area contributed by atoms with Crippen LogP contribution in [0.4, 0.5) is 11.4 Å². The summed E-state index contributed by atoms with van der Waals surface area (Å²) >= 11 is 5.82. The van der Waals surface area contributed by atoms with Gasteiger partial charge in [0, 0.05) is 5.69 Å². The summed E-state index contributed by atoms with van der Waals surface area (Å²) in [5.74, 6) is -0.213. The fourth-order valence-electron chi connectivity index (χ4n) is 1.04. The number of nitrogen functional groups attached to an aromatic ring is 1. The van der Waals surface area contributed by atoms with Gasteiger partial charge < -0.3 is 15.8 Å². The first-order valence-corrected chi connectivity index (χ1v) is 5.33. The van der Waals surface area contributed by atoms with Crippen LogP contribution in [0, 0.1) is 0 Å². The van der Waals surface area contributed by atoms with Crippen molar-refractivity contribution in [2.24, 2.45) is 0 Å². The molecule has 0 bridgehead atoms. The van der Waals surface area contributed by atoms with Crippen LogP contribution in [0.3, 0.4) is 0 Å². The van der Waals surface area contributed by atoms with Crippen LogP contribution in [0.2, 0.25) is 5.02 Å². The van der Waals surface area contributed by atoms with E-state index in [1.807, 2.05) is 13.8 Å². The Kier molecular flexibility index (Phi) is 4.58. The molecule has 0 fully saturated rings. The molecule has 0 aliphatic heterocycles. The number of carbonyl (C=O) groups excluding carboxylic acids is 1. The highest BCUT2D eigenvalue weighted by molar-refractivity contribution is 6.33. The van der Waals surface area contributed by atoms with Gasteiger partial charge in [0.05, 0.1) is 16.8 Å². The lowest BCUT2D eigenvalue weighted by Crippen LogP contribution is -2.20. The molecule has 5 heteroatoms. The minimum Gasteiger partial charge on any atom is -0.398 e. The number of carbonyl (C=O) groups is 1. The number of ether oxygens (including phenoxy) is 1. The molecule has 0 saturated heterocycles. The summed E-state index contributed by atoms with van der Waals surface area (Å²) in [6, 6.07) is 4.93. The Balaban J connectivity index is 2.53. The lowest BCUT2D eigenvalue weighted by atomic mass is 10.3. The number of anilines is 2. The third kappa shape index (κ3) is 4.08. The van der Waals surface area contributed by atoms with Crippen LogP contribution in [0.5, 0.6) is 0 Å². The van der Waals surface area contributed by atoms with Crippen LogP contribution in [-0.4, -0.2) is 18.6 Å². The molecule has 1 aromatic carbocycles. The molecule has 0 atom stereocenters. The van der Waals surface area contributed by atoms with Crippen LogP contribution in [0.25, 0.3) is 0 Å². The first-order valence-electron chi connectivity index (χ1n) is 4.95. The Bertz CT molecular complexity index is 380. The van der Waals surface area contributed by atoms with Crippen molar-refractivity contribution < 1.29 is 9.53 Å². The van der Waals surface area contributed by atoms with Crippen LogP contribution in [0.15, 0.2) is 18.2 Å². The summed E-state index contributed by atoms with van der Waals surface area (Å²) in [5, 5.41) is 3.08. The standard InChI is InChI=1S/C11H15ClN2O2/c1-7(2)16-6-11(15)14-8-3-4-10(13)9(12)5-8/h3-5,7H,6,13H2,1-2H3,(H,14,15). The zero-order chi connectivity index (χ0) is 12.1. The van der Waals surface area contributed by atoms with Gasteiger partial charge in [-0.05, 0) is 32.0 Å². The van der Waals surface area contributed by atoms with Gasteiger partial charge in [-0.25, -0.2) is 0 Å². The Hall–Kier alpha value is -1.26. The lowest BCUT2D eigenvalue weighted by Gasteiger charge is -2.09. The molecule has 0 heterocycles. The van der Waals surface area contributed by atoms with E-state index in [1.165, 1.54) is 0 Å². The summed E-state index contributed by atoms with van der Waals surface area (Å²) in [6.45, 7) is 3.76. The molecule has 0 aliphatic carbocycles. The molecule has 0 spiro atoms. The van der Waals surface area contributed by atoms with E-state index >= 15 is 0 Å². The van der Waals surface area contributed by atoms with Gasteiger partial charge in [0.25, 0.3) is 0 Å². The molecule has 16 heavy (non-hydrogen) atoms. The molecule has 1 amide bonds. The van der Waals surface area contributed by atoms with E-state index in [-0.39, 0.29) is 18.6 Å². The van der Waals surface area contributed by atoms with E-state index in [0.29, 0.717) is 16.4 Å². The summed E-state index contributed by atoms with van der Waals surface area (Å²) in [4.78, 5) is 11.4. The number of halogens is 1. The normalized spacial score (nSPS) is 10.5. The maximum atomic E-state index is 11.4. The summed E-state index contributed by atoms with van der Waals surface area (Å²) < 4.78 is 5.16. The number of nitrogens with one attached hydrogen (secondary N) is 1. The van der Waals surface area contributed by atoms with E-state index in [9.17, 15) is 4.79 Å². The SMILES string of the molecule is CC(C)OCC(=O)Nc1ccc(N)c(Cl)c1. The second kappa shape index (κ2) is 5.72. The maximum absolute atomic E-state index is 11.4. The second-order valence-corrected chi connectivity index (χ2v) is 4.05. The van der Waals surface area contributed by atoms with Gasteiger partial charge in [0.1, 0.15) is 6.61 Å². The predicted octanol–water partition coefficient (Wildman–Crippen LogP) is 2.29. The first kappa shape index (κ1) is 12.8. The molecule has 3 N–H and O–H groups in total. The van der Waals surface area contributed by atoms with E-state index < -0.39 is 0 Å². The van der Waals surface area contributed by atoms with Crippen molar-refractivity contribution in [1.29, 1.82) is 0 Å². The molecule has 0 aromatic heterocycles. The summed E-state index contributed by atoms with van der Waals surface area (Å²) in [7, 11) is 0. The van der Waals surface area contributed by atoms with Gasteiger partial charge in [-0.15, -0.1) is 0 Å². The average Bonchev–Trinajstić information content (AvgIpc) is 2.21. The van der Waals surface area contributed by atoms with Crippen molar-refractivity contribution in [1.82, 2.24) is 0 Å². The Morgan fingerprint density at radius 1 is 1.56 bits per heavy atom. The van der Waals surface area contributed by atoms with Crippen molar-refractivity contribution >= 4 is 28.9 Å². The monoisotopic (exact) mass is 242 g/mol. The van der Waals surface area contributed by atoms with E-state index in [0.717, 1.165) is 0 Å². The molecule has 4 nitrogen and oxygen atoms in total. The van der Waals surface area contributed by atoms with Crippen molar-refractivity contribution in [3.8, 4) is 0 Å². The fourth-order valence-corrected chi connectivity index (χ4v) is 1.22.